The number of hydrogen-bond acceptors (Lipinski definition) is 3. The Labute approximate surface area is 155 Å². The van der Waals surface area contributed by atoms with Crippen molar-refractivity contribution in [2.24, 2.45) is 0 Å². The maximum atomic E-state index is 13.1. The third-order valence-electron chi connectivity index (χ3n) is 3.92. The standard InChI is InChI=1S/C19H29ClN2O3/c1-4-5-6-12-22(13-7-14-25-3)19(24)18(21-15(2)23)16-8-10-17(20)11-9-16/h8-11,18H,4-7,12-14H2,1-3H3,(H,21,23)/t18-/m1/s1. The quantitative estimate of drug-likeness (QED) is 0.607. The van der Waals surface area contributed by atoms with Crippen molar-refractivity contribution in [1.82, 2.24) is 10.2 Å². The van der Waals surface area contributed by atoms with Crippen LogP contribution < -0.4 is 5.32 Å². The minimum absolute atomic E-state index is 0.0928. The van der Waals surface area contributed by atoms with Gasteiger partial charge in [0, 0.05) is 38.8 Å². The summed E-state index contributed by atoms with van der Waals surface area (Å²) >= 11 is 5.94. The Morgan fingerprint density at radius 2 is 1.80 bits per heavy atom. The largest absolute Gasteiger partial charge is 0.385 e. The number of hydrogen-bond donors (Lipinski definition) is 1. The molecule has 0 bridgehead atoms. The van der Waals surface area contributed by atoms with Crippen LogP contribution in [0.25, 0.3) is 0 Å². The van der Waals surface area contributed by atoms with E-state index in [0.717, 1.165) is 31.2 Å². The van der Waals surface area contributed by atoms with Gasteiger partial charge in [-0.3, -0.25) is 9.59 Å². The summed E-state index contributed by atoms with van der Waals surface area (Å²) in [4.78, 5) is 26.5. The molecule has 5 nitrogen and oxygen atoms in total. The van der Waals surface area contributed by atoms with Gasteiger partial charge in [-0.2, -0.15) is 0 Å². The van der Waals surface area contributed by atoms with Gasteiger partial charge in [-0.05, 0) is 30.5 Å². The molecule has 0 radical (unpaired) electrons. The van der Waals surface area contributed by atoms with Gasteiger partial charge in [0.25, 0.3) is 0 Å². The van der Waals surface area contributed by atoms with E-state index in [2.05, 4.69) is 12.2 Å². The first-order valence-electron chi connectivity index (χ1n) is 8.79. The molecule has 2 amide bonds. The number of nitrogens with one attached hydrogen (secondary N) is 1. The summed E-state index contributed by atoms with van der Waals surface area (Å²) in [6.07, 6.45) is 3.87. The number of ether oxygens (including phenoxy) is 1. The highest BCUT2D eigenvalue weighted by atomic mass is 35.5. The summed E-state index contributed by atoms with van der Waals surface area (Å²) in [6, 6.07) is 6.32. The van der Waals surface area contributed by atoms with Crippen LogP contribution in [0, 0.1) is 0 Å². The van der Waals surface area contributed by atoms with Gasteiger partial charge in [0.15, 0.2) is 0 Å². The van der Waals surface area contributed by atoms with Crippen LogP contribution in [-0.2, 0) is 14.3 Å². The average molecular weight is 369 g/mol. The Bertz CT molecular complexity index is 524. The van der Waals surface area contributed by atoms with Gasteiger partial charge in [-0.25, -0.2) is 0 Å². The van der Waals surface area contributed by atoms with Gasteiger partial charge in [0.1, 0.15) is 6.04 Å². The summed E-state index contributed by atoms with van der Waals surface area (Å²) in [5.74, 6) is -0.330. The van der Waals surface area contributed by atoms with Crippen molar-refractivity contribution in [2.45, 2.75) is 45.6 Å². The van der Waals surface area contributed by atoms with Crippen molar-refractivity contribution in [2.75, 3.05) is 26.8 Å². The predicted molar refractivity (Wildman–Crippen MR) is 101 cm³/mol. The van der Waals surface area contributed by atoms with E-state index in [1.165, 1.54) is 6.92 Å². The van der Waals surface area contributed by atoms with E-state index in [9.17, 15) is 9.59 Å². The Morgan fingerprint density at radius 1 is 1.16 bits per heavy atom. The summed E-state index contributed by atoms with van der Waals surface area (Å²) in [5.41, 5.74) is 0.733. The molecule has 1 atom stereocenters. The molecule has 0 saturated heterocycles. The minimum atomic E-state index is -0.695. The average Bonchev–Trinajstić information content (AvgIpc) is 2.59. The smallest absolute Gasteiger partial charge is 0.249 e. The lowest BCUT2D eigenvalue weighted by molar-refractivity contribution is -0.136. The zero-order valence-electron chi connectivity index (χ0n) is 15.4. The first-order chi connectivity index (χ1) is 12.0. The molecule has 0 unspecified atom stereocenters. The van der Waals surface area contributed by atoms with Crippen LogP contribution in [-0.4, -0.2) is 43.5 Å². The van der Waals surface area contributed by atoms with Crippen LogP contribution in [0.5, 0.6) is 0 Å². The predicted octanol–water partition coefficient (Wildman–Crippen LogP) is 3.57. The molecule has 1 rings (SSSR count). The molecule has 0 spiro atoms. The second kappa shape index (κ2) is 11.9. The minimum Gasteiger partial charge on any atom is -0.385 e. The molecule has 6 heteroatoms. The van der Waals surface area contributed by atoms with Crippen molar-refractivity contribution in [3.63, 3.8) is 0 Å². The van der Waals surface area contributed by atoms with E-state index in [1.54, 1.807) is 31.4 Å². The molecule has 0 saturated carbocycles. The van der Waals surface area contributed by atoms with Crippen molar-refractivity contribution in [1.29, 1.82) is 0 Å². The van der Waals surface area contributed by atoms with Crippen molar-refractivity contribution in [3.8, 4) is 0 Å². The lowest BCUT2D eigenvalue weighted by Crippen LogP contribution is -2.43. The first kappa shape index (κ1) is 21.5. The molecule has 25 heavy (non-hydrogen) atoms. The number of methoxy groups -OCH3 is 1. The third-order valence-corrected chi connectivity index (χ3v) is 4.17. The molecule has 1 aromatic rings. The fourth-order valence-electron chi connectivity index (χ4n) is 2.61. The maximum Gasteiger partial charge on any atom is 0.249 e. The second-order valence-corrected chi connectivity index (χ2v) is 6.50. The van der Waals surface area contributed by atoms with Gasteiger partial charge in [-0.15, -0.1) is 0 Å². The van der Waals surface area contributed by atoms with Crippen LogP contribution in [0.4, 0.5) is 0 Å². The van der Waals surface area contributed by atoms with Crippen LogP contribution >= 0.6 is 11.6 Å². The number of halogens is 1. The van der Waals surface area contributed by atoms with Crippen LogP contribution in [0.15, 0.2) is 24.3 Å². The summed E-state index contributed by atoms with van der Waals surface area (Å²) < 4.78 is 5.10. The number of rotatable bonds is 11. The molecular weight excluding hydrogens is 340 g/mol. The lowest BCUT2D eigenvalue weighted by atomic mass is 10.0. The lowest BCUT2D eigenvalue weighted by Gasteiger charge is -2.28. The maximum absolute atomic E-state index is 13.1. The Morgan fingerprint density at radius 3 is 2.36 bits per heavy atom. The van der Waals surface area contributed by atoms with Gasteiger partial charge >= 0.3 is 0 Å². The molecule has 0 aliphatic carbocycles. The van der Waals surface area contributed by atoms with Crippen molar-refractivity contribution < 1.29 is 14.3 Å². The fourth-order valence-corrected chi connectivity index (χ4v) is 2.74. The summed E-state index contributed by atoms with van der Waals surface area (Å²) in [5, 5.41) is 3.37. The highest BCUT2D eigenvalue weighted by Crippen LogP contribution is 2.19. The van der Waals surface area contributed by atoms with E-state index in [4.69, 9.17) is 16.3 Å². The molecule has 0 aliphatic rings. The Kier molecular flexibility index (Phi) is 10.2. The monoisotopic (exact) mass is 368 g/mol. The first-order valence-corrected chi connectivity index (χ1v) is 9.17. The number of carbonyl (C=O) groups is 2. The van der Waals surface area contributed by atoms with Crippen LogP contribution in [0.1, 0.15) is 51.1 Å². The molecule has 1 N–H and O–H groups in total. The molecule has 0 heterocycles. The van der Waals surface area contributed by atoms with E-state index >= 15 is 0 Å². The number of amides is 2. The van der Waals surface area contributed by atoms with E-state index in [-0.39, 0.29) is 11.8 Å². The molecule has 140 valence electrons. The molecule has 1 aromatic carbocycles. The van der Waals surface area contributed by atoms with Gasteiger partial charge < -0.3 is 15.0 Å². The van der Waals surface area contributed by atoms with Crippen molar-refractivity contribution in [3.05, 3.63) is 34.9 Å². The molecule has 0 fully saturated rings. The molecular formula is C19H29ClN2O3. The zero-order valence-corrected chi connectivity index (χ0v) is 16.1. The molecule has 0 aliphatic heterocycles. The number of benzene rings is 1. The zero-order chi connectivity index (χ0) is 18.7. The second-order valence-electron chi connectivity index (χ2n) is 6.06. The van der Waals surface area contributed by atoms with E-state index in [1.807, 2.05) is 4.90 Å². The van der Waals surface area contributed by atoms with Gasteiger partial charge in [0.2, 0.25) is 11.8 Å². The van der Waals surface area contributed by atoms with Crippen LogP contribution in [0.3, 0.4) is 0 Å². The third kappa shape index (κ3) is 7.88. The highest BCUT2D eigenvalue weighted by molar-refractivity contribution is 6.30. The number of unbranched alkanes of at least 4 members (excludes halogenated alkanes) is 2. The molecule has 0 aromatic heterocycles. The Balaban J connectivity index is 2.94. The highest BCUT2D eigenvalue weighted by Gasteiger charge is 2.26. The number of nitrogens with zero attached hydrogens (tertiary/aromatic N) is 1. The SMILES string of the molecule is CCCCCN(CCCOC)C(=O)[C@H](NC(C)=O)c1ccc(Cl)cc1. The Hall–Kier alpha value is -1.59. The summed E-state index contributed by atoms with van der Waals surface area (Å²) in [6.45, 7) is 5.44. The van der Waals surface area contributed by atoms with Crippen molar-refractivity contribution >= 4 is 23.4 Å². The summed E-state index contributed by atoms with van der Waals surface area (Å²) in [7, 11) is 1.65. The normalized spacial score (nSPS) is 11.8. The van der Waals surface area contributed by atoms with Crippen LogP contribution in [0.2, 0.25) is 5.02 Å². The topological polar surface area (TPSA) is 58.6 Å². The van der Waals surface area contributed by atoms with Gasteiger partial charge in [0.05, 0.1) is 0 Å². The van der Waals surface area contributed by atoms with E-state index < -0.39 is 6.04 Å². The number of carbonyl (C=O) groups excluding carboxylic acids is 2. The van der Waals surface area contributed by atoms with Gasteiger partial charge in [-0.1, -0.05) is 43.5 Å². The fraction of sp³-hybridized carbons (Fsp3) is 0.579. The van der Waals surface area contributed by atoms with E-state index in [0.29, 0.717) is 24.7 Å².